The lowest BCUT2D eigenvalue weighted by Crippen LogP contribution is -2.37. The minimum absolute atomic E-state index is 0.00517. The van der Waals surface area contributed by atoms with E-state index < -0.39 is 0 Å². The van der Waals surface area contributed by atoms with Gasteiger partial charge in [-0.25, -0.2) is 0 Å². The Balaban J connectivity index is 1.38. The minimum atomic E-state index is 0.00517. The van der Waals surface area contributed by atoms with Crippen LogP contribution in [0, 0.1) is 5.92 Å². The third-order valence-electron chi connectivity index (χ3n) is 5.91. The number of rotatable bonds is 5. The largest absolute Gasteiger partial charge is 0.454 e. The Kier molecular flexibility index (Phi) is 5.10. The molecule has 5 nitrogen and oxygen atoms in total. The summed E-state index contributed by atoms with van der Waals surface area (Å²) in [7, 11) is 0. The highest BCUT2D eigenvalue weighted by atomic mass is 16.7. The first-order valence-electron chi connectivity index (χ1n) is 10.4. The van der Waals surface area contributed by atoms with Gasteiger partial charge < -0.3 is 14.4 Å². The molecule has 5 heteroatoms. The molecule has 0 fully saturated rings. The Bertz CT molecular complexity index is 1050. The molecule has 2 aromatic carbocycles. The molecule has 5 rings (SSSR count). The van der Waals surface area contributed by atoms with Crippen molar-refractivity contribution < 1.29 is 14.3 Å². The molecule has 0 N–H and O–H groups in total. The quantitative estimate of drug-likeness (QED) is 0.646. The van der Waals surface area contributed by atoms with Crippen LogP contribution in [0.1, 0.15) is 28.7 Å². The highest BCUT2D eigenvalue weighted by Gasteiger charge is 2.29. The molecule has 0 saturated heterocycles. The molecule has 30 heavy (non-hydrogen) atoms. The zero-order valence-corrected chi connectivity index (χ0v) is 16.8. The van der Waals surface area contributed by atoms with Gasteiger partial charge in [-0.2, -0.15) is 0 Å². The second-order valence-electron chi connectivity index (χ2n) is 7.95. The first-order valence-corrected chi connectivity index (χ1v) is 10.4. The molecule has 1 aromatic heterocycles. The Morgan fingerprint density at radius 3 is 2.67 bits per heavy atom. The van der Waals surface area contributed by atoms with E-state index in [2.05, 4.69) is 29.2 Å². The predicted octanol–water partition coefficient (Wildman–Crippen LogP) is 4.14. The van der Waals surface area contributed by atoms with E-state index in [0.717, 1.165) is 41.9 Å². The summed E-state index contributed by atoms with van der Waals surface area (Å²) in [6.07, 6.45) is 6.24. The summed E-state index contributed by atoms with van der Waals surface area (Å²) in [6, 6.07) is 18.3. The number of hydrogen-bond acceptors (Lipinski definition) is 4. The highest BCUT2D eigenvalue weighted by molar-refractivity contribution is 5.79. The molecule has 152 valence electrons. The van der Waals surface area contributed by atoms with Crippen molar-refractivity contribution in [3.8, 4) is 11.5 Å². The van der Waals surface area contributed by atoms with Crippen molar-refractivity contribution in [1.29, 1.82) is 0 Å². The summed E-state index contributed by atoms with van der Waals surface area (Å²) in [5.41, 5.74) is 4.73. The predicted molar refractivity (Wildman–Crippen MR) is 113 cm³/mol. The maximum atomic E-state index is 13.6. The fourth-order valence-electron chi connectivity index (χ4n) is 4.35. The van der Waals surface area contributed by atoms with Crippen LogP contribution < -0.4 is 9.47 Å². The lowest BCUT2D eigenvalue weighted by atomic mass is 9.83. The summed E-state index contributed by atoms with van der Waals surface area (Å²) in [5.74, 6) is 1.71. The Labute approximate surface area is 176 Å². The van der Waals surface area contributed by atoms with Gasteiger partial charge in [0.15, 0.2) is 11.5 Å². The zero-order chi connectivity index (χ0) is 20.3. The molecule has 2 aliphatic rings. The zero-order valence-electron chi connectivity index (χ0n) is 16.8. The van der Waals surface area contributed by atoms with E-state index in [0.29, 0.717) is 13.1 Å². The van der Waals surface area contributed by atoms with E-state index in [4.69, 9.17) is 9.47 Å². The number of carbonyl (C=O) groups excluding carboxylic acids is 1. The third kappa shape index (κ3) is 3.88. The second-order valence-corrected chi connectivity index (χ2v) is 7.95. The molecule has 3 aromatic rings. The number of amides is 1. The highest BCUT2D eigenvalue weighted by Crippen LogP contribution is 2.33. The van der Waals surface area contributed by atoms with Crippen molar-refractivity contribution in [2.24, 2.45) is 5.92 Å². The maximum Gasteiger partial charge on any atom is 0.231 e. The van der Waals surface area contributed by atoms with E-state index in [1.54, 1.807) is 6.20 Å². The van der Waals surface area contributed by atoms with Crippen LogP contribution in [0.4, 0.5) is 0 Å². The summed E-state index contributed by atoms with van der Waals surface area (Å²) >= 11 is 0. The number of carbonyl (C=O) groups is 1. The number of hydrogen-bond donors (Lipinski definition) is 0. The van der Waals surface area contributed by atoms with Crippen LogP contribution >= 0.6 is 0 Å². The van der Waals surface area contributed by atoms with Crippen LogP contribution in [-0.4, -0.2) is 22.6 Å². The molecule has 0 saturated carbocycles. The third-order valence-corrected chi connectivity index (χ3v) is 5.91. The lowest BCUT2D eigenvalue weighted by Gasteiger charge is -2.30. The lowest BCUT2D eigenvalue weighted by molar-refractivity contribution is -0.137. The van der Waals surface area contributed by atoms with Gasteiger partial charge in [0.1, 0.15) is 0 Å². The van der Waals surface area contributed by atoms with Gasteiger partial charge in [-0.05, 0) is 59.7 Å². The average molecular weight is 400 g/mol. The number of nitrogens with zero attached hydrogens (tertiary/aromatic N) is 2. The summed E-state index contributed by atoms with van der Waals surface area (Å²) in [5, 5.41) is 0. The van der Waals surface area contributed by atoms with Gasteiger partial charge in [-0.1, -0.05) is 36.4 Å². The molecule has 0 radical (unpaired) electrons. The van der Waals surface area contributed by atoms with Crippen molar-refractivity contribution in [3.05, 3.63) is 89.2 Å². The van der Waals surface area contributed by atoms with Crippen molar-refractivity contribution in [2.45, 2.75) is 32.4 Å². The topological polar surface area (TPSA) is 51.7 Å². The summed E-state index contributed by atoms with van der Waals surface area (Å²) < 4.78 is 10.9. The fourth-order valence-corrected chi connectivity index (χ4v) is 4.35. The molecule has 2 heterocycles. The number of fused-ring (bicyclic) bond motifs is 2. The SMILES string of the molecule is O=C([C@H]1CCc2ccccc2C1)N(Cc1cccnc1)Cc1ccc2c(c1)OCO2. The molecule has 1 aliphatic heterocycles. The Morgan fingerprint density at radius 2 is 1.80 bits per heavy atom. The number of ether oxygens (including phenoxy) is 2. The van der Waals surface area contributed by atoms with E-state index in [9.17, 15) is 4.79 Å². The van der Waals surface area contributed by atoms with E-state index in [1.165, 1.54) is 11.1 Å². The molecular formula is C25H24N2O3. The molecule has 0 unspecified atom stereocenters. The van der Waals surface area contributed by atoms with Gasteiger partial charge in [0.2, 0.25) is 12.7 Å². The number of aromatic nitrogens is 1. The molecule has 1 amide bonds. The monoisotopic (exact) mass is 400 g/mol. The first kappa shape index (κ1) is 18.7. The maximum absolute atomic E-state index is 13.6. The van der Waals surface area contributed by atoms with Crippen molar-refractivity contribution in [1.82, 2.24) is 9.88 Å². The smallest absolute Gasteiger partial charge is 0.231 e. The second kappa shape index (κ2) is 8.19. The van der Waals surface area contributed by atoms with Gasteiger partial charge in [0.25, 0.3) is 0 Å². The molecule has 1 atom stereocenters. The van der Waals surface area contributed by atoms with Crippen LogP contribution in [0.2, 0.25) is 0 Å². The molecular weight excluding hydrogens is 376 g/mol. The van der Waals surface area contributed by atoms with Crippen LogP contribution in [0.15, 0.2) is 67.0 Å². The van der Waals surface area contributed by atoms with Gasteiger partial charge in [-0.3, -0.25) is 9.78 Å². The normalized spacial score (nSPS) is 16.7. The standard InChI is InChI=1S/C25H24N2O3/c28-25(22-9-8-20-5-1-2-6-21(20)13-22)27(16-19-4-3-11-26-14-19)15-18-7-10-23-24(12-18)30-17-29-23/h1-7,10-12,14,22H,8-9,13,15-17H2/t22-/m0/s1. The van der Waals surface area contributed by atoms with Gasteiger partial charge >= 0.3 is 0 Å². The van der Waals surface area contributed by atoms with Gasteiger partial charge in [0.05, 0.1) is 0 Å². The minimum Gasteiger partial charge on any atom is -0.454 e. The first-order chi connectivity index (χ1) is 14.8. The van der Waals surface area contributed by atoms with E-state index in [-0.39, 0.29) is 18.6 Å². The Hall–Kier alpha value is -3.34. The van der Waals surface area contributed by atoms with Gasteiger partial charge in [0, 0.05) is 31.4 Å². The van der Waals surface area contributed by atoms with Crippen molar-refractivity contribution in [3.63, 3.8) is 0 Å². The number of aryl methyl sites for hydroxylation is 1. The number of benzene rings is 2. The van der Waals surface area contributed by atoms with Crippen molar-refractivity contribution >= 4 is 5.91 Å². The molecule has 0 spiro atoms. The van der Waals surface area contributed by atoms with E-state index >= 15 is 0 Å². The van der Waals surface area contributed by atoms with Crippen LogP contribution in [-0.2, 0) is 30.7 Å². The summed E-state index contributed by atoms with van der Waals surface area (Å²) in [4.78, 5) is 19.8. The summed E-state index contributed by atoms with van der Waals surface area (Å²) in [6.45, 7) is 1.32. The fraction of sp³-hybridized carbons (Fsp3) is 0.280. The number of pyridine rings is 1. The average Bonchev–Trinajstić information content (AvgIpc) is 3.26. The van der Waals surface area contributed by atoms with Crippen molar-refractivity contribution in [2.75, 3.05) is 6.79 Å². The van der Waals surface area contributed by atoms with Crippen LogP contribution in [0.5, 0.6) is 11.5 Å². The van der Waals surface area contributed by atoms with Gasteiger partial charge in [-0.15, -0.1) is 0 Å². The molecule has 1 aliphatic carbocycles. The van der Waals surface area contributed by atoms with Crippen LogP contribution in [0.3, 0.4) is 0 Å². The van der Waals surface area contributed by atoms with E-state index in [1.807, 2.05) is 41.4 Å². The Morgan fingerprint density at radius 1 is 0.967 bits per heavy atom. The molecule has 0 bridgehead atoms. The van der Waals surface area contributed by atoms with Crippen LogP contribution in [0.25, 0.3) is 0 Å².